The zero-order valence-corrected chi connectivity index (χ0v) is 21.1. The second-order valence-corrected chi connectivity index (χ2v) is 11.0. The van der Waals surface area contributed by atoms with Crippen LogP contribution in [-0.4, -0.2) is 75.9 Å². The molecule has 0 saturated carbocycles. The molecule has 1 aromatic heterocycles. The number of benzene rings is 1. The Kier molecular flexibility index (Phi) is 8.44. The highest BCUT2D eigenvalue weighted by Crippen LogP contribution is 2.49. The number of aliphatic hydroxyl groups is 1. The van der Waals surface area contributed by atoms with Crippen LogP contribution in [0.25, 0.3) is 0 Å². The molecule has 2 aromatic rings. The third-order valence-corrected chi connectivity index (χ3v) is 7.99. The predicted octanol–water partition coefficient (Wildman–Crippen LogP) is 1.73. The number of rotatable bonds is 13. The van der Waals surface area contributed by atoms with Gasteiger partial charge in [0.05, 0.1) is 29.6 Å². The number of nitrogens with one attached hydrogen (secondary N) is 1. The van der Waals surface area contributed by atoms with Crippen LogP contribution in [0.2, 0.25) is 0 Å². The SMILES string of the molecule is COCc1cnc(NC(=O)C2(c3ccc(S(=O)(=O)N(C)CCO)cc3)C=C2O[C@H](C)COC)s1. The summed E-state index contributed by atoms with van der Waals surface area (Å²) in [5.74, 6) is 0.0923. The van der Waals surface area contributed by atoms with Crippen LogP contribution >= 0.6 is 11.3 Å². The number of nitrogens with zero attached hydrogens (tertiary/aromatic N) is 2. The minimum atomic E-state index is -3.77. The largest absolute Gasteiger partial charge is 0.491 e. The van der Waals surface area contributed by atoms with Crippen molar-refractivity contribution in [3.8, 4) is 0 Å². The van der Waals surface area contributed by atoms with E-state index in [9.17, 15) is 13.2 Å². The summed E-state index contributed by atoms with van der Waals surface area (Å²) in [5, 5.41) is 12.3. The monoisotopic (exact) mass is 511 g/mol. The first-order valence-corrected chi connectivity index (χ1v) is 12.8. The zero-order valence-electron chi connectivity index (χ0n) is 19.5. The molecular formula is C22H29N3O7S2. The first kappa shape index (κ1) is 26.3. The van der Waals surface area contributed by atoms with Crippen molar-refractivity contribution in [1.82, 2.24) is 9.29 Å². The summed E-state index contributed by atoms with van der Waals surface area (Å²) in [7, 11) is 0.772. The van der Waals surface area contributed by atoms with Crippen LogP contribution in [0.15, 0.2) is 47.2 Å². The van der Waals surface area contributed by atoms with Crippen LogP contribution in [0.1, 0.15) is 17.4 Å². The van der Waals surface area contributed by atoms with E-state index in [1.54, 1.807) is 38.6 Å². The number of hydrogen-bond donors (Lipinski definition) is 2. The summed E-state index contributed by atoms with van der Waals surface area (Å²) in [5.41, 5.74) is -0.629. The first-order chi connectivity index (χ1) is 16.2. The number of thiazole rings is 1. The molecule has 0 bridgehead atoms. The van der Waals surface area contributed by atoms with E-state index in [0.29, 0.717) is 29.7 Å². The van der Waals surface area contributed by atoms with Crippen LogP contribution in [0, 0.1) is 0 Å². The van der Waals surface area contributed by atoms with Gasteiger partial charge >= 0.3 is 0 Å². The van der Waals surface area contributed by atoms with Crippen molar-refractivity contribution in [3.05, 3.63) is 52.7 Å². The molecular weight excluding hydrogens is 482 g/mol. The number of aliphatic hydroxyl groups excluding tert-OH is 1. The topological polar surface area (TPSA) is 127 Å². The molecule has 0 aliphatic heterocycles. The van der Waals surface area contributed by atoms with E-state index in [0.717, 1.165) is 9.18 Å². The van der Waals surface area contributed by atoms with Gasteiger partial charge in [-0.25, -0.2) is 13.4 Å². The molecule has 1 heterocycles. The summed E-state index contributed by atoms with van der Waals surface area (Å²) < 4.78 is 42.6. The number of aromatic nitrogens is 1. The number of hydrogen-bond acceptors (Lipinski definition) is 9. The Labute approximate surface area is 203 Å². The van der Waals surface area contributed by atoms with Gasteiger partial charge in [-0.15, -0.1) is 0 Å². The summed E-state index contributed by atoms with van der Waals surface area (Å²) in [6.45, 7) is 2.25. The van der Waals surface area contributed by atoms with E-state index in [4.69, 9.17) is 19.3 Å². The Morgan fingerprint density at radius 2 is 1.97 bits per heavy atom. The Morgan fingerprint density at radius 1 is 1.26 bits per heavy atom. The lowest BCUT2D eigenvalue weighted by Crippen LogP contribution is -2.33. The number of methoxy groups -OCH3 is 2. The van der Waals surface area contributed by atoms with Gasteiger partial charge in [0.1, 0.15) is 11.9 Å². The van der Waals surface area contributed by atoms with Crippen LogP contribution in [0.3, 0.4) is 0 Å². The lowest BCUT2D eigenvalue weighted by atomic mass is 9.92. The Morgan fingerprint density at radius 3 is 2.59 bits per heavy atom. The molecule has 2 N–H and O–H groups in total. The summed E-state index contributed by atoms with van der Waals surface area (Å²) in [4.78, 5) is 18.5. The first-order valence-electron chi connectivity index (χ1n) is 10.5. The number of amides is 1. The quantitative estimate of drug-likeness (QED) is 0.416. The highest BCUT2D eigenvalue weighted by molar-refractivity contribution is 7.89. The van der Waals surface area contributed by atoms with E-state index < -0.39 is 15.4 Å². The normalized spacial score (nSPS) is 18.5. The van der Waals surface area contributed by atoms with Crippen molar-refractivity contribution < 1.29 is 32.5 Å². The van der Waals surface area contributed by atoms with Gasteiger partial charge in [-0.3, -0.25) is 4.79 Å². The number of carbonyl (C=O) groups is 1. The molecule has 3 rings (SSSR count). The van der Waals surface area contributed by atoms with Crippen molar-refractivity contribution >= 4 is 32.4 Å². The fourth-order valence-electron chi connectivity index (χ4n) is 3.41. The zero-order chi connectivity index (χ0) is 24.9. The highest BCUT2D eigenvalue weighted by atomic mass is 32.2. The maximum absolute atomic E-state index is 13.4. The molecule has 1 amide bonds. The van der Waals surface area contributed by atoms with E-state index >= 15 is 0 Å². The molecule has 1 aromatic carbocycles. The van der Waals surface area contributed by atoms with Crippen molar-refractivity contribution in [1.29, 1.82) is 0 Å². The van der Waals surface area contributed by atoms with Gasteiger partial charge in [-0.2, -0.15) is 4.31 Å². The molecule has 0 radical (unpaired) electrons. The van der Waals surface area contributed by atoms with Gasteiger partial charge < -0.3 is 24.6 Å². The second-order valence-electron chi connectivity index (χ2n) is 7.79. The van der Waals surface area contributed by atoms with Crippen LogP contribution in [-0.2, 0) is 41.1 Å². The minimum Gasteiger partial charge on any atom is -0.491 e. The number of likely N-dealkylation sites (N-methyl/N-ethyl adjacent to an activating group) is 1. The molecule has 12 heteroatoms. The number of anilines is 1. The number of sulfonamides is 1. The van der Waals surface area contributed by atoms with E-state index in [2.05, 4.69) is 10.3 Å². The van der Waals surface area contributed by atoms with E-state index in [-0.39, 0.29) is 30.1 Å². The standard InChI is InChI=1S/C22H29N3O7S2/c1-15(13-30-3)32-19-11-22(19,20(27)24-21-23-12-17(33-21)14-31-4)16-5-7-18(8-6-16)34(28,29)25(2)9-10-26/h5-8,11-12,15,26H,9-10,13-14H2,1-4H3,(H,23,24,27)/t15-,22?/m1/s1. The summed E-state index contributed by atoms with van der Waals surface area (Å²) in [6.07, 6.45) is 3.04. The summed E-state index contributed by atoms with van der Waals surface area (Å²) in [6, 6.07) is 6.06. The van der Waals surface area contributed by atoms with Crippen molar-refractivity contribution in [2.24, 2.45) is 0 Å². The molecule has 1 aliphatic carbocycles. The predicted molar refractivity (Wildman–Crippen MR) is 127 cm³/mol. The molecule has 34 heavy (non-hydrogen) atoms. The Hall–Kier alpha value is -2.35. The number of carbonyl (C=O) groups excluding carboxylic acids is 1. The molecule has 1 aliphatic rings. The van der Waals surface area contributed by atoms with Crippen LogP contribution in [0.4, 0.5) is 5.13 Å². The Balaban J connectivity index is 1.87. The molecule has 10 nitrogen and oxygen atoms in total. The number of ether oxygens (including phenoxy) is 3. The third-order valence-electron chi connectivity index (χ3n) is 5.23. The van der Waals surface area contributed by atoms with Gasteiger partial charge in [0.25, 0.3) is 0 Å². The fourth-order valence-corrected chi connectivity index (χ4v) is 5.35. The minimum absolute atomic E-state index is 0.0216. The van der Waals surface area contributed by atoms with Crippen molar-refractivity contribution in [2.75, 3.05) is 46.3 Å². The van der Waals surface area contributed by atoms with Gasteiger partial charge in [0.15, 0.2) is 10.5 Å². The summed E-state index contributed by atoms with van der Waals surface area (Å²) >= 11 is 1.30. The molecule has 0 saturated heterocycles. The lowest BCUT2D eigenvalue weighted by Gasteiger charge is -2.21. The lowest BCUT2D eigenvalue weighted by molar-refractivity contribution is -0.118. The highest BCUT2D eigenvalue weighted by Gasteiger charge is 2.55. The average Bonchev–Trinajstić information content (AvgIpc) is 3.35. The molecule has 1 unspecified atom stereocenters. The van der Waals surface area contributed by atoms with Gasteiger partial charge in [-0.1, -0.05) is 23.5 Å². The molecule has 2 atom stereocenters. The third kappa shape index (κ3) is 5.48. The van der Waals surface area contributed by atoms with Crippen molar-refractivity contribution in [2.45, 2.75) is 29.9 Å². The van der Waals surface area contributed by atoms with Gasteiger partial charge in [0, 0.05) is 34.0 Å². The molecule has 0 spiro atoms. The average molecular weight is 512 g/mol. The van der Waals surface area contributed by atoms with Crippen LogP contribution in [0.5, 0.6) is 0 Å². The molecule has 186 valence electrons. The molecule has 0 fully saturated rings. The maximum atomic E-state index is 13.4. The van der Waals surface area contributed by atoms with Crippen LogP contribution < -0.4 is 5.32 Å². The maximum Gasteiger partial charge on any atom is 0.248 e. The van der Waals surface area contributed by atoms with E-state index in [1.807, 2.05) is 6.92 Å². The van der Waals surface area contributed by atoms with Crippen molar-refractivity contribution in [3.63, 3.8) is 0 Å². The van der Waals surface area contributed by atoms with Gasteiger partial charge in [0.2, 0.25) is 15.9 Å². The van der Waals surface area contributed by atoms with E-state index in [1.165, 1.54) is 30.5 Å². The van der Waals surface area contributed by atoms with Gasteiger partial charge in [-0.05, 0) is 30.7 Å². The fraction of sp³-hybridized carbons (Fsp3) is 0.455. The Bertz CT molecular complexity index is 1130. The smallest absolute Gasteiger partial charge is 0.248 e. The second kappa shape index (κ2) is 10.9.